The molecule has 18 heavy (non-hydrogen) atoms. The molecule has 94 valence electrons. The van der Waals surface area contributed by atoms with Crippen LogP contribution in [-0.4, -0.2) is 18.1 Å². The fourth-order valence-corrected chi connectivity index (χ4v) is 2.68. The van der Waals surface area contributed by atoms with Gasteiger partial charge in [-0.2, -0.15) is 0 Å². The summed E-state index contributed by atoms with van der Waals surface area (Å²) in [5, 5.41) is 6.52. The minimum atomic E-state index is 0.642. The number of nitrogens with zero attached hydrogens (tertiary/aromatic N) is 1. The number of hydrogen-bond donors (Lipinski definition) is 1. The predicted molar refractivity (Wildman–Crippen MR) is 75.5 cm³/mol. The highest BCUT2D eigenvalue weighted by molar-refractivity contribution is 7.14. The van der Waals surface area contributed by atoms with E-state index in [1.807, 2.05) is 6.07 Å². The number of thiazole rings is 1. The van der Waals surface area contributed by atoms with Gasteiger partial charge >= 0.3 is 0 Å². The molecular weight excluding hydrogens is 244 g/mol. The van der Waals surface area contributed by atoms with Gasteiger partial charge in [-0.05, 0) is 31.9 Å². The van der Waals surface area contributed by atoms with E-state index >= 15 is 0 Å². The number of methoxy groups -OCH3 is 1. The van der Waals surface area contributed by atoms with Crippen LogP contribution >= 0.6 is 11.3 Å². The summed E-state index contributed by atoms with van der Waals surface area (Å²) in [7, 11) is 1.70. The second-order valence-electron chi connectivity index (χ2n) is 4.66. The zero-order chi connectivity index (χ0) is 12.5. The molecule has 0 bridgehead atoms. The largest absolute Gasteiger partial charge is 0.496 e. The Morgan fingerprint density at radius 1 is 1.39 bits per heavy atom. The van der Waals surface area contributed by atoms with Crippen molar-refractivity contribution in [1.82, 2.24) is 4.98 Å². The van der Waals surface area contributed by atoms with Gasteiger partial charge in [0.25, 0.3) is 0 Å². The van der Waals surface area contributed by atoms with Gasteiger partial charge in [0.2, 0.25) is 0 Å². The molecule has 1 heterocycles. The lowest BCUT2D eigenvalue weighted by molar-refractivity contribution is 0.416. The van der Waals surface area contributed by atoms with E-state index in [0.717, 1.165) is 22.1 Å². The molecule has 1 aromatic carbocycles. The van der Waals surface area contributed by atoms with E-state index in [2.05, 4.69) is 34.7 Å². The van der Waals surface area contributed by atoms with E-state index in [9.17, 15) is 0 Å². The van der Waals surface area contributed by atoms with E-state index in [-0.39, 0.29) is 0 Å². The van der Waals surface area contributed by atoms with Crippen molar-refractivity contribution in [1.29, 1.82) is 0 Å². The number of benzene rings is 1. The summed E-state index contributed by atoms with van der Waals surface area (Å²) in [4.78, 5) is 4.64. The molecule has 0 spiro atoms. The van der Waals surface area contributed by atoms with Crippen LogP contribution in [0, 0.1) is 6.92 Å². The lowest BCUT2D eigenvalue weighted by Gasteiger charge is -2.07. The molecule has 1 aromatic heterocycles. The van der Waals surface area contributed by atoms with Gasteiger partial charge in [0.15, 0.2) is 5.13 Å². The third-order valence-electron chi connectivity index (χ3n) is 3.04. The Morgan fingerprint density at radius 2 is 2.22 bits per heavy atom. The van der Waals surface area contributed by atoms with Crippen LogP contribution in [-0.2, 0) is 0 Å². The van der Waals surface area contributed by atoms with Gasteiger partial charge in [-0.25, -0.2) is 4.98 Å². The summed E-state index contributed by atoms with van der Waals surface area (Å²) in [6, 6.07) is 6.81. The van der Waals surface area contributed by atoms with Crippen molar-refractivity contribution in [3.63, 3.8) is 0 Å². The van der Waals surface area contributed by atoms with Gasteiger partial charge in [-0.3, -0.25) is 0 Å². The summed E-state index contributed by atoms with van der Waals surface area (Å²) >= 11 is 1.66. The molecule has 0 saturated heterocycles. The molecule has 0 unspecified atom stereocenters. The Labute approximate surface area is 111 Å². The fourth-order valence-electron chi connectivity index (χ4n) is 1.89. The summed E-state index contributed by atoms with van der Waals surface area (Å²) in [6.45, 7) is 2.08. The Kier molecular flexibility index (Phi) is 2.96. The van der Waals surface area contributed by atoms with Crippen LogP contribution in [0.1, 0.15) is 18.4 Å². The van der Waals surface area contributed by atoms with Crippen molar-refractivity contribution in [2.24, 2.45) is 0 Å². The number of rotatable bonds is 4. The normalized spacial score (nSPS) is 14.6. The Balaban J connectivity index is 1.92. The summed E-state index contributed by atoms with van der Waals surface area (Å²) in [5.41, 5.74) is 3.27. The second kappa shape index (κ2) is 4.61. The first kappa shape index (κ1) is 11.5. The zero-order valence-corrected chi connectivity index (χ0v) is 11.4. The summed E-state index contributed by atoms with van der Waals surface area (Å²) in [6.07, 6.45) is 2.53. The quantitative estimate of drug-likeness (QED) is 0.910. The first-order chi connectivity index (χ1) is 8.76. The Morgan fingerprint density at radius 3 is 2.94 bits per heavy atom. The lowest BCUT2D eigenvalue weighted by atomic mass is 10.1. The first-order valence-corrected chi connectivity index (χ1v) is 7.01. The number of nitrogens with one attached hydrogen (secondary N) is 1. The van der Waals surface area contributed by atoms with E-state index in [0.29, 0.717) is 6.04 Å². The van der Waals surface area contributed by atoms with Crippen molar-refractivity contribution in [2.45, 2.75) is 25.8 Å². The second-order valence-corrected chi connectivity index (χ2v) is 5.52. The topological polar surface area (TPSA) is 34.1 Å². The number of hydrogen-bond acceptors (Lipinski definition) is 4. The van der Waals surface area contributed by atoms with Crippen molar-refractivity contribution < 1.29 is 4.74 Å². The molecule has 2 aromatic rings. The van der Waals surface area contributed by atoms with Crippen LogP contribution in [0.4, 0.5) is 5.13 Å². The summed E-state index contributed by atoms with van der Waals surface area (Å²) < 4.78 is 5.40. The van der Waals surface area contributed by atoms with Crippen molar-refractivity contribution in [2.75, 3.05) is 12.4 Å². The van der Waals surface area contributed by atoms with Crippen molar-refractivity contribution >= 4 is 16.5 Å². The van der Waals surface area contributed by atoms with Gasteiger partial charge in [0.1, 0.15) is 5.75 Å². The van der Waals surface area contributed by atoms with Crippen molar-refractivity contribution in [3.8, 4) is 17.0 Å². The fraction of sp³-hybridized carbons (Fsp3) is 0.357. The van der Waals surface area contributed by atoms with Crippen LogP contribution in [0.25, 0.3) is 11.3 Å². The Hall–Kier alpha value is -1.55. The molecular formula is C14H16N2OS. The minimum Gasteiger partial charge on any atom is -0.496 e. The number of anilines is 1. The SMILES string of the molecule is COc1ccc(C)cc1-c1csc(NC2CC2)n1. The third-order valence-corrected chi connectivity index (χ3v) is 3.81. The van der Waals surface area contributed by atoms with Gasteiger partial charge < -0.3 is 10.1 Å². The summed E-state index contributed by atoms with van der Waals surface area (Å²) in [5.74, 6) is 0.879. The highest BCUT2D eigenvalue weighted by atomic mass is 32.1. The molecule has 0 amide bonds. The number of aryl methyl sites for hydroxylation is 1. The molecule has 1 aliphatic rings. The Bertz CT molecular complexity index is 561. The van der Waals surface area contributed by atoms with E-state index in [4.69, 9.17) is 4.74 Å². The highest BCUT2D eigenvalue weighted by Gasteiger charge is 2.22. The van der Waals surface area contributed by atoms with Crippen LogP contribution < -0.4 is 10.1 Å². The number of ether oxygens (including phenoxy) is 1. The van der Waals surface area contributed by atoms with Crippen LogP contribution in [0.15, 0.2) is 23.6 Å². The molecule has 0 aliphatic heterocycles. The lowest BCUT2D eigenvalue weighted by Crippen LogP contribution is -1.99. The predicted octanol–water partition coefficient (Wildman–Crippen LogP) is 3.70. The van der Waals surface area contributed by atoms with Crippen LogP contribution in [0.5, 0.6) is 5.75 Å². The van der Waals surface area contributed by atoms with Gasteiger partial charge in [-0.1, -0.05) is 11.6 Å². The van der Waals surface area contributed by atoms with E-state index in [1.54, 1.807) is 18.4 Å². The van der Waals surface area contributed by atoms with Gasteiger partial charge in [-0.15, -0.1) is 11.3 Å². The zero-order valence-electron chi connectivity index (χ0n) is 10.6. The standard InChI is InChI=1S/C14H16N2OS/c1-9-3-6-13(17-2)11(7-9)12-8-18-14(16-12)15-10-4-5-10/h3,6-8,10H,4-5H2,1-2H3,(H,15,16). The highest BCUT2D eigenvalue weighted by Crippen LogP contribution is 2.34. The van der Waals surface area contributed by atoms with Gasteiger partial charge in [0, 0.05) is 17.0 Å². The number of aromatic nitrogens is 1. The molecule has 3 nitrogen and oxygen atoms in total. The van der Waals surface area contributed by atoms with Crippen LogP contribution in [0.3, 0.4) is 0 Å². The molecule has 0 radical (unpaired) electrons. The van der Waals surface area contributed by atoms with E-state index in [1.165, 1.54) is 18.4 Å². The third kappa shape index (κ3) is 2.34. The molecule has 4 heteroatoms. The van der Waals surface area contributed by atoms with Crippen LogP contribution in [0.2, 0.25) is 0 Å². The molecule has 1 aliphatic carbocycles. The van der Waals surface area contributed by atoms with Crippen molar-refractivity contribution in [3.05, 3.63) is 29.1 Å². The molecule has 1 N–H and O–H groups in total. The minimum absolute atomic E-state index is 0.642. The molecule has 3 rings (SSSR count). The monoisotopic (exact) mass is 260 g/mol. The maximum atomic E-state index is 5.40. The smallest absolute Gasteiger partial charge is 0.183 e. The first-order valence-electron chi connectivity index (χ1n) is 6.13. The molecule has 0 atom stereocenters. The van der Waals surface area contributed by atoms with Gasteiger partial charge in [0.05, 0.1) is 12.8 Å². The maximum absolute atomic E-state index is 5.40. The molecule has 1 saturated carbocycles. The van der Waals surface area contributed by atoms with E-state index < -0.39 is 0 Å². The molecule has 1 fully saturated rings. The average Bonchev–Trinajstić information content (AvgIpc) is 3.05. The average molecular weight is 260 g/mol. The maximum Gasteiger partial charge on any atom is 0.183 e.